The van der Waals surface area contributed by atoms with Gasteiger partial charge in [0.2, 0.25) is 0 Å². The van der Waals surface area contributed by atoms with Crippen molar-refractivity contribution in [2.24, 2.45) is 0 Å². The second kappa shape index (κ2) is 2.98. The highest BCUT2D eigenvalue weighted by Gasteiger charge is 2.48. The van der Waals surface area contributed by atoms with Gasteiger partial charge >= 0.3 is 5.69 Å². The van der Waals surface area contributed by atoms with Crippen molar-refractivity contribution >= 4 is 5.69 Å². The lowest BCUT2D eigenvalue weighted by Crippen LogP contribution is -2.12. The van der Waals surface area contributed by atoms with Gasteiger partial charge in [-0.15, -0.1) is 0 Å². The molecule has 0 amide bonds. The SMILES string of the molecule is Nc1ccc(C2(c3n[nH]c(=O)[nH]3)CC2)cc1. The second-order valence-electron chi connectivity index (χ2n) is 4.23. The van der Waals surface area contributed by atoms with Crippen LogP contribution in [0, 0.1) is 0 Å². The van der Waals surface area contributed by atoms with E-state index >= 15 is 0 Å². The van der Waals surface area contributed by atoms with Crippen LogP contribution in [0.2, 0.25) is 0 Å². The summed E-state index contributed by atoms with van der Waals surface area (Å²) in [6, 6.07) is 7.74. The molecular weight excluding hydrogens is 204 g/mol. The van der Waals surface area contributed by atoms with Crippen LogP contribution in [0.15, 0.2) is 29.1 Å². The molecule has 0 atom stereocenters. The summed E-state index contributed by atoms with van der Waals surface area (Å²) in [5.41, 5.74) is 7.20. The number of H-pyrrole nitrogens is 2. The van der Waals surface area contributed by atoms with E-state index < -0.39 is 0 Å². The van der Waals surface area contributed by atoms with Gasteiger partial charge < -0.3 is 5.73 Å². The second-order valence-corrected chi connectivity index (χ2v) is 4.23. The van der Waals surface area contributed by atoms with E-state index in [1.54, 1.807) is 0 Å². The lowest BCUT2D eigenvalue weighted by Gasteiger charge is -2.11. The third-order valence-corrected chi connectivity index (χ3v) is 3.17. The normalized spacial score (nSPS) is 17.2. The Labute approximate surface area is 91.7 Å². The minimum Gasteiger partial charge on any atom is -0.399 e. The molecule has 1 aromatic heterocycles. The minimum atomic E-state index is -0.253. The van der Waals surface area contributed by atoms with E-state index in [1.165, 1.54) is 0 Å². The maximum absolute atomic E-state index is 11.1. The van der Waals surface area contributed by atoms with Crippen LogP contribution in [0.4, 0.5) is 5.69 Å². The Kier molecular flexibility index (Phi) is 1.71. The molecule has 0 radical (unpaired) electrons. The van der Waals surface area contributed by atoms with Crippen molar-refractivity contribution in [1.29, 1.82) is 0 Å². The number of hydrogen-bond acceptors (Lipinski definition) is 3. The van der Waals surface area contributed by atoms with Crippen molar-refractivity contribution in [3.05, 3.63) is 46.1 Å². The first-order valence-electron chi connectivity index (χ1n) is 5.22. The molecule has 0 spiro atoms. The third-order valence-electron chi connectivity index (χ3n) is 3.17. The van der Waals surface area contributed by atoms with Gasteiger partial charge in [-0.25, -0.2) is 9.89 Å². The first kappa shape index (κ1) is 9.21. The molecule has 16 heavy (non-hydrogen) atoms. The van der Waals surface area contributed by atoms with Crippen molar-refractivity contribution in [3.8, 4) is 0 Å². The average Bonchev–Trinajstić information content (AvgIpc) is 2.97. The van der Waals surface area contributed by atoms with Crippen molar-refractivity contribution in [1.82, 2.24) is 15.2 Å². The lowest BCUT2D eigenvalue weighted by atomic mass is 9.95. The summed E-state index contributed by atoms with van der Waals surface area (Å²) in [7, 11) is 0. The number of nitrogens with two attached hydrogens (primary N) is 1. The van der Waals surface area contributed by atoms with Gasteiger partial charge in [-0.1, -0.05) is 12.1 Å². The monoisotopic (exact) mass is 216 g/mol. The van der Waals surface area contributed by atoms with Crippen LogP contribution in [0.25, 0.3) is 0 Å². The summed E-state index contributed by atoms with van der Waals surface area (Å²) in [6.07, 6.45) is 2.02. The van der Waals surface area contributed by atoms with Gasteiger partial charge in [0.1, 0.15) is 5.82 Å². The van der Waals surface area contributed by atoms with Crippen LogP contribution >= 0.6 is 0 Å². The molecule has 82 valence electrons. The summed E-state index contributed by atoms with van der Waals surface area (Å²) in [6.45, 7) is 0. The molecule has 0 aliphatic heterocycles. The van der Waals surface area contributed by atoms with Gasteiger partial charge in [0, 0.05) is 5.69 Å². The van der Waals surface area contributed by atoms with Crippen LogP contribution < -0.4 is 11.4 Å². The highest BCUT2D eigenvalue weighted by Crippen LogP contribution is 2.51. The molecule has 1 aliphatic rings. The van der Waals surface area contributed by atoms with E-state index in [0.29, 0.717) is 0 Å². The van der Waals surface area contributed by atoms with Crippen molar-refractivity contribution in [2.45, 2.75) is 18.3 Å². The van der Waals surface area contributed by atoms with Crippen LogP contribution in [-0.4, -0.2) is 15.2 Å². The maximum Gasteiger partial charge on any atom is 0.340 e. The zero-order valence-corrected chi connectivity index (χ0v) is 8.66. The summed E-state index contributed by atoms with van der Waals surface area (Å²) in [4.78, 5) is 13.8. The first-order chi connectivity index (χ1) is 7.71. The predicted molar refractivity (Wildman–Crippen MR) is 60.1 cm³/mol. The average molecular weight is 216 g/mol. The fourth-order valence-electron chi connectivity index (χ4n) is 2.09. The topological polar surface area (TPSA) is 87.6 Å². The molecule has 2 aromatic rings. The van der Waals surface area contributed by atoms with Gasteiger partial charge in [-0.3, -0.25) is 4.98 Å². The molecule has 5 heteroatoms. The zero-order valence-electron chi connectivity index (χ0n) is 8.66. The first-order valence-corrected chi connectivity index (χ1v) is 5.22. The summed E-state index contributed by atoms with van der Waals surface area (Å²) in [5.74, 6) is 0.724. The minimum absolute atomic E-state index is 0.104. The van der Waals surface area contributed by atoms with Gasteiger partial charge in [-0.05, 0) is 30.5 Å². The number of aromatic amines is 2. The lowest BCUT2D eigenvalue weighted by molar-refractivity contribution is 0.761. The molecule has 4 N–H and O–H groups in total. The summed E-state index contributed by atoms with van der Waals surface area (Å²) < 4.78 is 0. The van der Waals surface area contributed by atoms with Crippen molar-refractivity contribution < 1.29 is 0 Å². The number of anilines is 1. The predicted octanol–water partition coefficient (Wildman–Crippen LogP) is 0.760. The molecule has 1 saturated carbocycles. The zero-order chi connectivity index (χ0) is 11.2. The molecule has 3 rings (SSSR count). The smallest absolute Gasteiger partial charge is 0.340 e. The number of nitrogen functional groups attached to an aromatic ring is 1. The van der Waals surface area contributed by atoms with Gasteiger partial charge in [0.15, 0.2) is 0 Å². The van der Waals surface area contributed by atoms with E-state index in [1.807, 2.05) is 24.3 Å². The Hall–Kier alpha value is -2.04. The molecular formula is C11H12N4O. The molecule has 0 unspecified atom stereocenters. The Morgan fingerprint density at radius 2 is 1.94 bits per heavy atom. The van der Waals surface area contributed by atoms with Crippen LogP contribution in [-0.2, 0) is 5.41 Å². The fourth-order valence-corrected chi connectivity index (χ4v) is 2.09. The molecule has 1 fully saturated rings. The van der Waals surface area contributed by atoms with Gasteiger partial charge in [-0.2, -0.15) is 5.10 Å². The highest BCUT2D eigenvalue weighted by atomic mass is 16.1. The van der Waals surface area contributed by atoms with Crippen molar-refractivity contribution in [2.75, 3.05) is 5.73 Å². The standard InChI is InChI=1S/C11H12N4O/c12-8-3-1-7(2-4-8)11(5-6-11)9-13-10(16)15-14-9/h1-4H,5-6,12H2,(H2,13,14,15,16). The Morgan fingerprint density at radius 1 is 1.25 bits per heavy atom. The largest absolute Gasteiger partial charge is 0.399 e. The number of hydrogen-bond donors (Lipinski definition) is 3. The highest BCUT2D eigenvalue weighted by molar-refractivity contribution is 5.46. The molecule has 0 bridgehead atoms. The summed E-state index contributed by atoms with van der Waals surface area (Å²) >= 11 is 0. The van der Waals surface area contributed by atoms with Gasteiger partial charge in [0.05, 0.1) is 5.41 Å². The third kappa shape index (κ3) is 1.25. The van der Waals surface area contributed by atoms with E-state index in [9.17, 15) is 4.79 Å². The van der Waals surface area contributed by atoms with Gasteiger partial charge in [0.25, 0.3) is 0 Å². The molecule has 0 saturated heterocycles. The van der Waals surface area contributed by atoms with E-state index in [-0.39, 0.29) is 11.1 Å². The van der Waals surface area contributed by atoms with E-state index in [0.717, 1.165) is 29.9 Å². The Bertz CT molecular complexity index is 562. The number of aromatic nitrogens is 3. The summed E-state index contributed by atoms with van der Waals surface area (Å²) in [5, 5.41) is 6.43. The Balaban J connectivity index is 2.06. The number of benzene rings is 1. The quantitative estimate of drug-likeness (QED) is 0.647. The fraction of sp³-hybridized carbons (Fsp3) is 0.273. The van der Waals surface area contributed by atoms with Crippen LogP contribution in [0.5, 0.6) is 0 Å². The number of nitrogens with zero attached hydrogens (tertiary/aromatic N) is 1. The van der Waals surface area contributed by atoms with Crippen molar-refractivity contribution in [3.63, 3.8) is 0 Å². The number of nitrogens with one attached hydrogen (secondary N) is 2. The molecule has 5 nitrogen and oxygen atoms in total. The van der Waals surface area contributed by atoms with Crippen LogP contribution in [0.1, 0.15) is 24.2 Å². The molecule has 1 aromatic carbocycles. The maximum atomic E-state index is 11.1. The molecule has 1 heterocycles. The Morgan fingerprint density at radius 3 is 2.44 bits per heavy atom. The van der Waals surface area contributed by atoms with E-state index in [4.69, 9.17) is 5.73 Å². The van der Waals surface area contributed by atoms with Crippen LogP contribution in [0.3, 0.4) is 0 Å². The number of rotatable bonds is 2. The van der Waals surface area contributed by atoms with E-state index in [2.05, 4.69) is 15.2 Å². The molecule has 1 aliphatic carbocycles.